The van der Waals surface area contributed by atoms with Gasteiger partial charge in [0.15, 0.2) is 0 Å². The van der Waals surface area contributed by atoms with Crippen molar-refractivity contribution in [3.8, 4) is 0 Å². The number of hydrogen-bond acceptors (Lipinski definition) is 3. The van der Waals surface area contributed by atoms with Gasteiger partial charge in [0.05, 0.1) is 0 Å². The summed E-state index contributed by atoms with van der Waals surface area (Å²) in [5, 5.41) is 0.590. The van der Waals surface area contributed by atoms with Gasteiger partial charge in [-0.05, 0) is 27.2 Å². The van der Waals surface area contributed by atoms with Gasteiger partial charge < -0.3 is 4.90 Å². The Morgan fingerprint density at radius 2 is 1.73 bits per heavy atom. The molecule has 4 heteroatoms. The summed E-state index contributed by atoms with van der Waals surface area (Å²) in [4.78, 5) is 10.9. The Labute approximate surface area is 96.5 Å². The van der Waals surface area contributed by atoms with Crippen molar-refractivity contribution in [3.63, 3.8) is 0 Å². The van der Waals surface area contributed by atoms with Crippen molar-refractivity contribution in [1.29, 1.82) is 0 Å². The van der Waals surface area contributed by atoms with Crippen molar-refractivity contribution in [2.75, 3.05) is 18.0 Å². The molecule has 1 aromatic rings. The minimum Gasteiger partial charge on any atom is -0.341 e. The Balaban J connectivity index is 3.12. The van der Waals surface area contributed by atoms with Crippen LogP contribution in [0.4, 0.5) is 5.95 Å². The minimum atomic E-state index is 0.590. The standard InChI is InChI=1S/C11H18ClN3/c1-5-9-8(4)13-11(14-10(9)12)15(6-2)7-3/h5-7H2,1-4H3. The van der Waals surface area contributed by atoms with Crippen molar-refractivity contribution in [2.24, 2.45) is 0 Å². The zero-order valence-electron chi connectivity index (χ0n) is 9.84. The highest BCUT2D eigenvalue weighted by Crippen LogP contribution is 2.20. The monoisotopic (exact) mass is 227 g/mol. The van der Waals surface area contributed by atoms with Crippen molar-refractivity contribution in [2.45, 2.75) is 34.1 Å². The topological polar surface area (TPSA) is 29.0 Å². The van der Waals surface area contributed by atoms with E-state index in [4.69, 9.17) is 11.6 Å². The average Bonchev–Trinajstić information content (AvgIpc) is 2.19. The fraction of sp³-hybridized carbons (Fsp3) is 0.636. The molecule has 0 saturated heterocycles. The molecule has 0 aromatic carbocycles. The first-order valence-corrected chi connectivity index (χ1v) is 5.79. The van der Waals surface area contributed by atoms with Gasteiger partial charge in [0.2, 0.25) is 5.95 Å². The maximum absolute atomic E-state index is 6.12. The summed E-state index contributed by atoms with van der Waals surface area (Å²) >= 11 is 6.12. The van der Waals surface area contributed by atoms with Crippen LogP contribution < -0.4 is 4.90 Å². The predicted octanol–water partition coefficient (Wildman–Crippen LogP) is 2.85. The molecule has 1 heterocycles. The summed E-state index contributed by atoms with van der Waals surface area (Å²) in [6.45, 7) is 10.0. The van der Waals surface area contributed by atoms with Crippen molar-refractivity contribution in [1.82, 2.24) is 9.97 Å². The van der Waals surface area contributed by atoms with Crippen molar-refractivity contribution >= 4 is 17.5 Å². The molecule has 0 aliphatic heterocycles. The van der Waals surface area contributed by atoms with E-state index in [2.05, 4.69) is 35.6 Å². The van der Waals surface area contributed by atoms with E-state index < -0.39 is 0 Å². The first-order chi connectivity index (χ1) is 7.13. The second-order valence-electron chi connectivity index (χ2n) is 3.40. The molecule has 0 N–H and O–H groups in total. The molecule has 0 unspecified atom stereocenters. The van der Waals surface area contributed by atoms with Gasteiger partial charge >= 0.3 is 0 Å². The molecule has 1 aromatic heterocycles. The Hall–Kier alpha value is -0.830. The third-order valence-corrected chi connectivity index (χ3v) is 2.86. The van der Waals surface area contributed by atoms with Crippen LogP contribution in [0.5, 0.6) is 0 Å². The number of aryl methyl sites for hydroxylation is 1. The van der Waals surface area contributed by atoms with Crippen LogP contribution in [-0.2, 0) is 6.42 Å². The van der Waals surface area contributed by atoms with Gasteiger partial charge in [-0.2, -0.15) is 0 Å². The maximum atomic E-state index is 6.12. The molecule has 0 spiro atoms. The summed E-state index contributed by atoms with van der Waals surface area (Å²) in [7, 11) is 0. The van der Waals surface area contributed by atoms with E-state index in [9.17, 15) is 0 Å². The highest BCUT2D eigenvalue weighted by atomic mass is 35.5. The van der Waals surface area contributed by atoms with E-state index in [-0.39, 0.29) is 0 Å². The minimum absolute atomic E-state index is 0.590. The largest absolute Gasteiger partial charge is 0.341 e. The number of rotatable bonds is 4. The lowest BCUT2D eigenvalue weighted by Crippen LogP contribution is -2.24. The van der Waals surface area contributed by atoms with E-state index >= 15 is 0 Å². The van der Waals surface area contributed by atoms with Crippen LogP contribution in [0.15, 0.2) is 0 Å². The van der Waals surface area contributed by atoms with Crippen LogP contribution in [0, 0.1) is 6.92 Å². The summed E-state index contributed by atoms with van der Waals surface area (Å²) in [5.41, 5.74) is 2.03. The third-order valence-electron chi connectivity index (χ3n) is 2.55. The molecule has 0 fully saturated rings. The lowest BCUT2D eigenvalue weighted by Gasteiger charge is -2.19. The van der Waals surface area contributed by atoms with Crippen molar-refractivity contribution in [3.05, 3.63) is 16.4 Å². The van der Waals surface area contributed by atoms with E-state index in [1.165, 1.54) is 0 Å². The van der Waals surface area contributed by atoms with Crippen molar-refractivity contribution < 1.29 is 0 Å². The number of anilines is 1. The van der Waals surface area contributed by atoms with Gasteiger partial charge in [0.1, 0.15) is 5.15 Å². The van der Waals surface area contributed by atoms with Gasteiger partial charge in [0.25, 0.3) is 0 Å². The lowest BCUT2D eigenvalue weighted by molar-refractivity contribution is 0.810. The first-order valence-electron chi connectivity index (χ1n) is 5.41. The average molecular weight is 228 g/mol. The molecular weight excluding hydrogens is 210 g/mol. The molecule has 0 radical (unpaired) electrons. The lowest BCUT2D eigenvalue weighted by atomic mass is 10.2. The predicted molar refractivity (Wildman–Crippen MR) is 64.7 cm³/mol. The van der Waals surface area contributed by atoms with Crippen LogP contribution in [0.1, 0.15) is 32.0 Å². The summed E-state index contributed by atoms with van der Waals surface area (Å²) in [6, 6.07) is 0. The first kappa shape index (κ1) is 12.2. The molecule has 0 amide bonds. The second kappa shape index (κ2) is 5.31. The maximum Gasteiger partial charge on any atom is 0.226 e. The molecule has 84 valence electrons. The molecule has 0 aliphatic rings. The van der Waals surface area contributed by atoms with E-state index in [0.29, 0.717) is 5.15 Å². The molecule has 3 nitrogen and oxygen atoms in total. The zero-order valence-corrected chi connectivity index (χ0v) is 10.6. The van der Waals surface area contributed by atoms with Gasteiger partial charge in [-0.15, -0.1) is 0 Å². The van der Waals surface area contributed by atoms with E-state index in [0.717, 1.165) is 36.7 Å². The Kier molecular flexibility index (Phi) is 4.33. The van der Waals surface area contributed by atoms with E-state index in [1.54, 1.807) is 0 Å². The smallest absolute Gasteiger partial charge is 0.226 e. The number of hydrogen-bond donors (Lipinski definition) is 0. The third kappa shape index (κ3) is 2.59. The second-order valence-corrected chi connectivity index (χ2v) is 3.76. The Bertz CT molecular complexity index is 312. The molecule has 1 rings (SSSR count). The molecule has 15 heavy (non-hydrogen) atoms. The molecule has 0 bridgehead atoms. The highest BCUT2D eigenvalue weighted by Gasteiger charge is 2.11. The quantitative estimate of drug-likeness (QED) is 0.741. The fourth-order valence-corrected chi connectivity index (χ4v) is 1.94. The fourth-order valence-electron chi connectivity index (χ4n) is 1.60. The van der Waals surface area contributed by atoms with E-state index in [1.807, 2.05) is 6.92 Å². The summed E-state index contributed by atoms with van der Waals surface area (Å²) < 4.78 is 0. The van der Waals surface area contributed by atoms with Gasteiger partial charge in [0, 0.05) is 24.3 Å². The van der Waals surface area contributed by atoms with Gasteiger partial charge in [-0.1, -0.05) is 18.5 Å². The zero-order chi connectivity index (χ0) is 11.4. The van der Waals surface area contributed by atoms with Gasteiger partial charge in [-0.3, -0.25) is 0 Å². The van der Waals surface area contributed by atoms with Crippen LogP contribution in [0.25, 0.3) is 0 Å². The molecular formula is C11H18ClN3. The SMILES string of the molecule is CCc1c(C)nc(N(CC)CC)nc1Cl. The van der Waals surface area contributed by atoms with Crippen LogP contribution >= 0.6 is 11.6 Å². The molecule has 0 saturated carbocycles. The highest BCUT2D eigenvalue weighted by molar-refractivity contribution is 6.30. The number of nitrogens with zero attached hydrogens (tertiary/aromatic N) is 3. The Morgan fingerprint density at radius 3 is 2.13 bits per heavy atom. The summed E-state index contributed by atoms with van der Waals surface area (Å²) in [6.07, 6.45) is 0.878. The normalized spacial score (nSPS) is 10.5. The molecule has 0 atom stereocenters. The Morgan fingerprint density at radius 1 is 1.13 bits per heavy atom. The number of aromatic nitrogens is 2. The number of halogens is 1. The van der Waals surface area contributed by atoms with Gasteiger partial charge in [-0.25, -0.2) is 9.97 Å². The summed E-state index contributed by atoms with van der Waals surface area (Å²) in [5.74, 6) is 0.736. The molecule has 0 aliphatic carbocycles. The van der Waals surface area contributed by atoms with Crippen LogP contribution in [0.3, 0.4) is 0 Å². The van der Waals surface area contributed by atoms with Crippen LogP contribution in [-0.4, -0.2) is 23.1 Å². The van der Waals surface area contributed by atoms with Crippen LogP contribution in [0.2, 0.25) is 5.15 Å².